The predicted molar refractivity (Wildman–Crippen MR) is 76.3 cm³/mol. The van der Waals surface area contributed by atoms with Crippen LogP contribution in [0.2, 0.25) is 0 Å². The van der Waals surface area contributed by atoms with Gasteiger partial charge in [0.05, 0.1) is 0 Å². The summed E-state index contributed by atoms with van der Waals surface area (Å²) >= 11 is 5.12. The molecule has 0 aromatic carbocycles. The third-order valence-electron chi connectivity index (χ3n) is 2.49. The van der Waals surface area contributed by atoms with Gasteiger partial charge in [0.15, 0.2) is 0 Å². The first kappa shape index (κ1) is 12.5. The Kier molecular flexibility index (Phi) is 4.15. The number of hydrogen-bond donors (Lipinski definition) is 1. The molecule has 0 unspecified atom stereocenters. The minimum Gasteiger partial charge on any atom is -0.355 e. The van der Waals surface area contributed by atoms with Crippen LogP contribution < -0.4 is 10.6 Å². The second-order valence-corrected chi connectivity index (χ2v) is 5.52. The number of rotatable bonds is 4. The third kappa shape index (κ3) is 3.06. The van der Waals surface area contributed by atoms with Crippen LogP contribution in [-0.2, 0) is 13.1 Å². The molecule has 0 bridgehead atoms. The topological polar surface area (TPSA) is 42.2 Å². The van der Waals surface area contributed by atoms with Crippen LogP contribution in [0, 0.1) is 0 Å². The van der Waals surface area contributed by atoms with Gasteiger partial charge in [0.2, 0.25) is 0 Å². The van der Waals surface area contributed by atoms with E-state index in [0.717, 1.165) is 22.4 Å². The summed E-state index contributed by atoms with van der Waals surface area (Å²) in [5, 5.41) is 4.24. The van der Waals surface area contributed by atoms with Gasteiger partial charge in [-0.3, -0.25) is 0 Å². The van der Waals surface area contributed by atoms with Gasteiger partial charge >= 0.3 is 0 Å². The molecule has 0 atom stereocenters. The highest BCUT2D eigenvalue weighted by Gasteiger charge is 2.09. The van der Waals surface area contributed by atoms with E-state index in [1.807, 2.05) is 13.1 Å². The highest BCUT2D eigenvalue weighted by Crippen LogP contribution is 2.22. The molecule has 0 saturated heterocycles. The Labute approximate surface area is 113 Å². The molecule has 3 nitrogen and oxygen atoms in total. The van der Waals surface area contributed by atoms with Gasteiger partial charge in [-0.15, -0.1) is 0 Å². The first-order chi connectivity index (χ1) is 8.20. The zero-order valence-corrected chi connectivity index (χ0v) is 12.0. The summed E-state index contributed by atoms with van der Waals surface area (Å²) in [4.78, 5) is 6.55. The summed E-state index contributed by atoms with van der Waals surface area (Å²) in [6.45, 7) is 1.35. The monoisotopic (exact) mass is 311 g/mol. The Balaban J connectivity index is 2.21. The number of anilines is 1. The van der Waals surface area contributed by atoms with E-state index in [4.69, 9.17) is 5.73 Å². The molecule has 90 valence electrons. The van der Waals surface area contributed by atoms with Crippen molar-refractivity contribution in [2.75, 3.05) is 11.9 Å². The predicted octanol–water partition coefficient (Wildman–Crippen LogP) is 3.00. The fourth-order valence-electron chi connectivity index (χ4n) is 1.70. The molecule has 2 aromatic heterocycles. The molecule has 17 heavy (non-hydrogen) atoms. The summed E-state index contributed by atoms with van der Waals surface area (Å²) in [5.74, 6) is 0.946. The number of nitrogens with zero attached hydrogens (tertiary/aromatic N) is 2. The van der Waals surface area contributed by atoms with Crippen LogP contribution in [0.15, 0.2) is 33.6 Å². The molecule has 2 heterocycles. The number of thiophene rings is 1. The van der Waals surface area contributed by atoms with Gasteiger partial charge in [0.1, 0.15) is 5.82 Å². The second kappa shape index (κ2) is 5.62. The Morgan fingerprint density at radius 2 is 2.35 bits per heavy atom. The highest BCUT2D eigenvalue weighted by atomic mass is 79.9. The van der Waals surface area contributed by atoms with E-state index in [1.54, 1.807) is 17.5 Å². The van der Waals surface area contributed by atoms with E-state index in [1.165, 1.54) is 5.56 Å². The summed E-state index contributed by atoms with van der Waals surface area (Å²) in [6.07, 6.45) is 1.80. The van der Waals surface area contributed by atoms with Gasteiger partial charge in [-0.25, -0.2) is 4.98 Å². The van der Waals surface area contributed by atoms with Crippen LogP contribution in [0.25, 0.3) is 0 Å². The van der Waals surface area contributed by atoms with E-state index in [9.17, 15) is 0 Å². The number of halogens is 1. The van der Waals surface area contributed by atoms with Crippen molar-refractivity contribution in [1.82, 2.24) is 4.98 Å². The standard InChI is InChI=1S/C12H14BrN3S/c1-16(7-9-2-3-17-8-9)12-10(5-14)4-11(13)6-15-12/h2-4,6,8H,5,7,14H2,1H3. The van der Waals surface area contributed by atoms with E-state index in [0.29, 0.717) is 6.54 Å². The molecule has 0 amide bonds. The van der Waals surface area contributed by atoms with Crippen molar-refractivity contribution in [3.8, 4) is 0 Å². The van der Waals surface area contributed by atoms with E-state index in [2.05, 4.69) is 42.6 Å². The van der Waals surface area contributed by atoms with Crippen LogP contribution in [0.5, 0.6) is 0 Å². The van der Waals surface area contributed by atoms with E-state index >= 15 is 0 Å². The lowest BCUT2D eigenvalue weighted by molar-refractivity contribution is 0.878. The van der Waals surface area contributed by atoms with Gasteiger partial charge in [0, 0.05) is 36.4 Å². The molecule has 0 aliphatic heterocycles. The highest BCUT2D eigenvalue weighted by molar-refractivity contribution is 9.10. The van der Waals surface area contributed by atoms with Crippen molar-refractivity contribution in [3.05, 3.63) is 44.7 Å². The molecule has 0 saturated carbocycles. The number of pyridine rings is 1. The Morgan fingerprint density at radius 3 is 3.00 bits per heavy atom. The molecule has 0 aliphatic carbocycles. The van der Waals surface area contributed by atoms with Crippen LogP contribution in [0.3, 0.4) is 0 Å². The van der Waals surface area contributed by atoms with Crippen molar-refractivity contribution < 1.29 is 0 Å². The molecule has 2 aromatic rings. The Hall–Kier alpha value is -0.910. The molecular formula is C12H14BrN3S. The number of aromatic nitrogens is 1. The second-order valence-electron chi connectivity index (χ2n) is 3.83. The fourth-order valence-corrected chi connectivity index (χ4v) is 2.74. The number of nitrogens with two attached hydrogens (primary N) is 1. The lowest BCUT2D eigenvalue weighted by atomic mass is 10.2. The summed E-state index contributed by atoms with van der Waals surface area (Å²) < 4.78 is 0.964. The van der Waals surface area contributed by atoms with Gasteiger partial charge in [-0.2, -0.15) is 11.3 Å². The number of hydrogen-bond acceptors (Lipinski definition) is 4. The average molecular weight is 312 g/mol. The van der Waals surface area contributed by atoms with Gasteiger partial charge in [-0.05, 0) is 44.4 Å². The van der Waals surface area contributed by atoms with Gasteiger partial charge in [-0.1, -0.05) is 0 Å². The molecule has 5 heteroatoms. The van der Waals surface area contributed by atoms with E-state index < -0.39 is 0 Å². The quantitative estimate of drug-likeness (QED) is 0.944. The van der Waals surface area contributed by atoms with Crippen LogP contribution in [0.1, 0.15) is 11.1 Å². The average Bonchev–Trinajstić information content (AvgIpc) is 2.81. The minimum atomic E-state index is 0.496. The molecule has 0 fully saturated rings. The van der Waals surface area contributed by atoms with Crippen LogP contribution >= 0.6 is 27.3 Å². The summed E-state index contributed by atoms with van der Waals surface area (Å²) in [7, 11) is 2.03. The first-order valence-corrected chi connectivity index (χ1v) is 7.01. The molecule has 2 N–H and O–H groups in total. The van der Waals surface area contributed by atoms with Crippen molar-refractivity contribution >= 4 is 33.1 Å². The van der Waals surface area contributed by atoms with E-state index in [-0.39, 0.29) is 0 Å². The van der Waals surface area contributed by atoms with Crippen molar-refractivity contribution in [2.24, 2.45) is 5.73 Å². The molecule has 0 aliphatic rings. The lowest BCUT2D eigenvalue weighted by Crippen LogP contribution is -2.20. The maximum absolute atomic E-state index is 5.75. The smallest absolute Gasteiger partial charge is 0.133 e. The lowest BCUT2D eigenvalue weighted by Gasteiger charge is -2.20. The molecule has 0 radical (unpaired) electrons. The maximum atomic E-state index is 5.75. The van der Waals surface area contributed by atoms with Crippen molar-refractivity contribution in [2.45, 2.75) is 13.1 Å². The SMILES string of the molecule is CN(Cc1ccsc1)c1ncc(Br)cc1CN. The fraction of sp³-hybridized carbons (Fsp3) is 0.250. The zero-order valence-electron chi connectivity index (χ0n) is 9.56. The summed E-state index contributed by atoms with van der Waals surface area (Å²) in [6, 6.07) is 4.15. The Morgan fingerprint density at radius 1 is 1.53 bits per heavy atom. The summed E-state index contributed by atoms with van der Waals surface area (Å²) in [5.41, 5.74) is 8.09. The largest absolute Gasteiger partial charge is 0.355 e. The maximum Gasteiger partial charge on any atom is 0.133 e. The zero-order chi connectivity index (χ0) is 12.3. The van der Waals surface area contributed by atoms with Crippen molar-refractivity contribution in [1.29, 1.82) is 0 Å². The molecule has 0 spiro atoms. The van der Waals surface area contributed by atoms with Crippen LogP contribution in [-0.4, -0.2) is 12.0 Å². The minimum absolute atomic E-state index is 0.496. The van der Waals surface area contributed by atoms with Gasteiger partial charge < -0.3 is 10.6 Å². The van der Waals surface area contributed by atoms with Crippen molar-refractivity contribution in [3.63, 3.8) is 0 Å². The van der Waals surface area contributed by atoms with Gasteiger partial charge in [0.25, 0.3) is 0 Å². The molecule has 2 rings (SSSR count). The Bertz CT molecular complexity index is 485. The van der Waals surface area contributed by atoms with Crippen LogP contribution in [0.4, 0.5) is 5.82 Å². The first-order valence-electron chi connectivity index (χ1n) is 5.27. The third-order valence-corrected chi connectivity index (χ3v) is 3.66. The normalized spacial score (nSPS) is 10.5. The molecular weight excluding hydrogens is 298 g/mol.